The van der Waals surface area contributed by atoms with Crippen LogP contribution in [-0.4, -0.2) is 34.4 Å². The molecule has 0 aliphatic heterocycles. The molecule has 1 saturated carbocycles. The van der Waals surface area contributed by atoms with Gasteiger partial charge in [0.05, 0.1) is 23.9 Å². The van der Waals surface area contributed by atoms with E-state index in [1.54, 1.807) is 23.0 Å². The average Bonchev–Trinajstić information content (AvgIpc) is 3.56. The van der Waals surface area contributed by atoms with Crippen molar-refractivity contribution in [1.82, 2.24) is 14.9 Å². The molecule has 162 valence electrons. The molecule has 5 rings (SSSR count). The average molecular weight is 456 g/mol. The van der Waals surface area contributed by atoms with Crippen molar-refractivity contribution in [2.75, 3.05) is 12.9 Å². The lowest BCUT2D eigenvalue weighted by atomic mass is 10.1. The molecule has 3 aromatic rings. The van der Waals surface area contributed by atoms with Crippen LogP contribution in [0.15, 0.2) is 34.2 Å². The van der Waals surface area contributed by atoms with Crippen LogP contribution in [0, 0.1) is 0 Å². The number of hydrogen-bond acceptors (Lipinski definition) is 6. The van der Waals surface area contributed by atoms with Gasteiger partial charge in [-0.25, -0.2) is 4.98 Å². The third-order valence-corrected chi connectivity index (χ3v) is 7.92. The van der Waals surface area contributed by atoms with Gasteiger partial charge in [0.2, 0.25) is 5.91 Å². The Morgan fingerprint density at radius 3 is 2.94 bits per heavy atom. The van der Waals surface area contributed by atoms with E-state index >= 15 is 0 Å². The number of rotatable bonds is 6. The number of methoxy groups -OCH3 is 1. The lowest BCUT2D eigenvalue weighted by Crippen LogP contribution is -2.28. The molecule has 2 heterocycles. The number of aryl methyl sites for hydroxylation is 2. The zero-order valence-corrected chi connectivity index (χ0v) is 19.1. The number of carbonyl (C=O) groups is 1. The van der Waals surface area contributed by atoms with E-state index in [-0.39, 0.29) is 17.2 Å². The number of carbonyl (C=O) groups excluding carboxylic acids is 1. The van der Waals surface area contributed by atoms with Crippen LogP contribution in [0.3, 0.4) is 0 Å². The van der Waals surface area contributed by atoms with Gasteiger partial charge in [-0.1, -0.05) is 24.2 Å². The summed E-state index contributed by atoms with van der Waals surface area (Å²) in [6.07, 6.45) is 7.51. The van der Waals surface area contributed by atoms with E-state index in [1.165, 1.54) is 28.6 Å². The summed E-state index contributed by atoms with van der Waals surface area (Å²) in [6.45, 7) is 0. The molecule has 0 radical (unpaired) electrons. The van der Waals surface area contributed by atoms with E-state index in [2.05, 4.69) is 5.32 Å². The summed E-state index contributed by atoms with van der Waals surface area (Å²) >= 11 is 2.96. The molecule has 6 nitrogen and oxygen atoms in total. The normalized spacial score (nSPS) is 16.0. The van der Waals surface area contributed by atoms with Gasteiger partial charge in [-0.05, 0) is 56.2 Å². The summed E-state index contributed by atoms with van der Waals surface area (Å²) in [4.78, 5) is 33.1. The molecular formula is C23H25N3O3S2. The molecule has 8 heteroatoms. The van der Waals surface area contributed by atoms with Gasteiger partial charge in [0, 0.05) is 17.0 Å². The van der Waals surface area contributed by atoms with Crippen LogP contribution in [0.4, 0.5) is 0 Å². The minimum atomic E-state index is -0.0530. The summed E-state index contributed by atoms with van der Waals surface area (Å²) in [5.74, 6) is 0.904. The summed E-state index contributed by atoms with van der Waals surface area (Å²) in [7, 11) is 1.61. The van der Waals surface area contributed by atoms with Crippen molar-refractivity contribution in [2.24, 2.45) is 0 Å². The van der Waals surface area contributed by atoms with Gasteiger partial charge >= 0.3 is 0 Å². The van der Waals surface area contributed by atoms with E-state index in [4.69, 9.17) is 9.72 Å². The highest BCUT2D eigenvalue weighted by Gasteiger charge is 2.25. The molecule has 1 amide bonds. The van der Waals surface area contributed by atoms with Gasteiger partial charge in [-0.3, -0.25) is 14.2 Å². The Labute approximate surface area is 189 Å². The SMILES string of the molecule is COc1cccc(-n2c(SCC(=O)NC3CC3)nc3sc4c(c3c2=O)CCCCC4)c1. The second-order valence-electron chi connectivity index (χ2n) is 8.11. The molecule has 1 aromatic carbocycles. The summed E-state index contributed by atoms with van der Waals surface area (Å²) in [6, 6.07) is 7.77. The molecule has 0 saturated heterocycles. The zero-order chi connectivity index (χ0) is 21.4. The number of nitrogens with zero attached hydrogens (tertiary/aromatic N) is 2. The highest BCUT2D eigenvalue weighted by molar-refractivity contribution is 7.99. The number of thiophene rings is 1. The van der Waals surface area contributed by atoms with Crippen LogP contribution in [0.2, 0.25) is 0 Å². The van der Waals surface area contributed by atoms with Crippen LogP contribution in [0.1, 0.15) is 42.5 Å². The maximum atomic E-state index is 13.8. The second kappa shape index (κ2) is 8.67. The van der Waals surface area contributed by atoms with Crippen molar-refractivity contribution < 1.29 is 9.53 Å². The summed E-state index contributed by atoms with van der Waals surface area (Å²) in [5, 5.41) is 4.30. The van der Waals surface area contributed by atoms with Crippen LogP contribution in [0.25, 0.3) is 15.9 Å². The number of hydrogen-bond donors (Lipinski definition) is 1. The first-order chi connectivity index (χ1) is 15.1. The maximum absolute atomic E-state index is 13.8. The minimum Gasteiger partial charge on any atom is -0.497 e. The molecule has 0 unspecified atom stereocenters. The molecule has 1 N–H and O–H groups in total. The number of aromatic nitrogens is 2. The Bertz CT molecular complexity index is 1200. The van der Waals surface area contributed by atoms with Gasteiger partial charge in [0.15, 0.2) is 5.16 Å². The number of amides is 1. The highest BCUT2D eigenvalue weighted by atomic mass is 32.2. The fourth-order valence-electron chi connectivity index (χ4n) is 4.06. The van der Waals surface area contributed by atoms with Crippen LogP contribution >= 0.6 is 23.1 Å². The van der Waals surface area contributed by atoms with Crippen LogP contribution < -0.4 is 15.6 Å². The van der Waals surface area contributed by atoms with E-state index in [0.29, 0.717) is 22.6 Å². The summed E-state index contributed by atoms with van der Waals surface area (Å²) in [5.41, 5.74) is 1.83. The van der Waals surface area contributed by atoms with Crippen LogP contribution in [0.5, 0.6) is 5.75 Å². The van der Waals surface area contributed by atoms with E-state index in [0.717, 1.165) is 48.7 Å². The van der Waals surface area contributed by atoms with Crippen molar-refractivity contribution in [2.45, 2.75) is 56.1 Å². The third-order valence-electron chi connectivity index (χ3n) is 5.79. The smallest absolute Gasteiger partial charge is 0.267 e. The van der Waals surface area contributed by atoms with Crippen molar-refractivity contribution in [3.8, 4) is 11.4 Å². The van der Waals surface area contributed by atoms with Gasteiger partial charge in [0.1, 0.15) is 10.6 Å². The quantitative estimate of drug-likeness (QED) is 0.344. The van der Waals surface area contributed by atoms with Gasteiger partial charge in [-0.15, -0.1) is 11.3 Å². The molecule has 31 heavy (non-hydrogen) atoms. The fourth-order valence-corrected chi connectivity index (χ4v) is 6.19. The van der Waals surface area contributed by atoms with E-state index in [9.17, 15) is 9.59 Å². The molecular weight excluding hydrogens is 430 g/mol. The first-order valence-electron chi connectivity index (χ1n) is 10.8. The molecule has 2 aliphatic rings. The van der Waals surface area contributed by atoms with Gasteiger partial charge in [0.25, 0.3) is 5.56 Å². The third kappa shape index (κ3) is 4.23. The topological polar surface area (TPSA) is 73.2 Å². The Morgan fingerprint density at radius 1 is 1.29 bits per heavy atom. The number of nitrogens with one attached hydrogen (secondary N) is 1. The predicted octanol–water partition coefficient (Wildman–Crippen LogP) is 4.10. The van der Waals surface area contributed by atoms with Crippen LogP contribution in [-0.2, 0) is 17.6 Å². The summed E-state index contributed by atoms with van der Waals surface area (Å²) < 4.78 is 7.03. The fraction of sp³-hybridized carbons (Fsp3) is 0.435. The monoisotopic (exact) mass is 455 g/mol. The van der Waals surface area contributed by atoms with Crippen molar-refractivity contribution in [3.05, 3.63) is 45.1 Å². The standard InChI is InChI=1S/C23H25N3O3S2/c1-29-16-7-5-6-15(12-16)26-22(28)20-17-8-3-2-4-9-18(17)31-21(20)25-23(26)30-13-19(27)24-14-10-11-14/h5-7,12,14H,2-4,8-11,13H2,1H3,(H,24,27). The van der Waals surface area contributed by atoms with Gasteiger partial charge in [-0.2, -0.15) is 0 Å². The Morgan fingerprint density at radius 2 is 2.13 bits per heavy atom. The number of benzene rings is 1. The predicted molar refractivity (Wildman–Crippen MR) is 125 cm³/mol. The molecule has 2 aliphatic carbocycles. The number of thioether (sulfide) groups is 1. The lowest BCUT2D eigenvalue weighted by Gasteiger charge is -2.13. The number of ether oxygens (including phenoxy) is 1. The van der Waals surface area contributed by atoms with Crippen molar-refractivity contribution in [3.63, 3.8) is 0 Å². The Kier molecular flexibility index (Phi) is 5.75. The largest absolute Gasteiger partial charge is 0.497 e. The highest BCUT2D eigenvalue weighted by Crippen LogP contribution is 2.35. The molecule has 0 bridgehead atoms. The molecule has 1 fully saturated rings. The maximum Gasteiger partial charge on any atom is 0.267 e. The number of fused-ring (bicyclic) bond motifs is 3. The Hall–Kier alpha value is -2.32. The van der Waals surface area contributed by atoms with Crippen molar-refractivity contribution >= 4 is 39.2 Å². The molecule has 0 spiro atoms. The molecule has 0 atom stereocenters. The molecule has 2 aromatic heterocycles. The first kappa shape index (κ1) is 20.6. The van der Waals surface area contributed by atoms with Gasteiger partial charge < -0.3 is 10.1 Å². The zero-order valence-electron chi connectivity index (χ0n) is 17.5. The van der Waals surface area contributed by atoms with E-state index < -0.39 is 0 Å². The lowest BCUT2D eigenvalue weighted by molar-refractivity contribution is -0.118. The first-order valence-corrected chi connectivity index (χ1v) is 12.6. The van der Waals surface area contributed by atoms with E-state index in [1.807, 2.05) is 24.3 Å². The second-order valence-corrected chi connectivity index (χ2v) is 10.1. The van der Waals surface area contributed by atoms with Crippen molar-refractivity contribution in [1.29, 1.82) is 0 Å². The Balaban J connectivity index is 1.62. The minimum absolute atomic E-state index is 0.0130.